The Morgan fingerprint density at radius 2 is 1.94 bits per heavy atom. The van der Waals surface area contributed by atoms with Crippen molar-refractivity contribution in [1.29, 1.82) is 0 Å². The lowest BCUT2D eigenvalue weighted by atomic mass is 10.0. The molecule has 2 amide bonds. The van der Waals surface area contributed by atoms with Crippen molar-refractivity contribution in [2.75, 3.05) is 45.7 Å². The minimum absolute atomic E-state index is 0.118. The first kappa shape index (κ1) is 26.1. The largest absolute Gasteiger partial charge is 0.491 e. The Hall–Kier alpha value is -2.97. The summed E-state index contributed by atoms with van der Waals surface area (Å²) in [5.74, 6) is 0.274. The molecule has 1 N–H and O–H groups in total. The maximum Gasteiger partial charge on any atom is 0.257 e. The van der Waals surface area contributed by atoms with Gasteiger partial charge in [0.1, 0.15) is 18.2 Å². The van der Waals surface area contributed by atoms with Gasteiger partial charge in [-0.25, -0.2) is 4.39 Å². The molecule has 194 valence electrons. The van der Waals surface area contributed by atoms with Gasteiger partial charge in [0.2, 0.25) is 0 Å². The highest BCUT2D eigenvalue weighted by Crippen LogP contribution is 2.32. The highest BCUT2D eigenvalue weighted by molar-refractivity contribution is 6.05. The van der Waals surface area contributed by atoms with Crippen LogP contribution in [-0.4, -0.2) is 74.2 Å². The van der Waals surface area contributed by atoms with Crippen molar-refractivity contribution in [2.24, 2.45) is 11.8 Å². The van der Waals surface area contributed by atoms with Gasteiger partial charge in [0.15, 0.2) is 0 Å². The summed E-state index contributed by atoms with van der Waals surface area (Å²) >= 11 is 0. The van der Waals surface area contributed by atoms with Gasteiger partial charge < -0.3 is 19.7 Å². The third kappa shape index (κ3) is 6.42. The van der Waals surface area contributed by atoms with Crippen molar-refractivity contribution >= 4 is 17.5 Å². The predicted octanol–water partition coefficient (Wildman–Crippen LogP) is 4.29. The zero-order valence-electron chi connectivity index (χ0n) is 21.5. The molecule has 0 unspecified atom stereocenters. The van der Waals surface area contributed by atoms with E-state index >= 15 is 0 Å². The van der Waals surface area contributed by atoms with Crippen molar-refractivity contribution in [3.8, 4) is 5.75 Å². The highest BCUT2D eigenvalue weighted by Gasteiger charge is 2.31. The van der Waals surface area contributed by atoms with Gasteiger partial charge in [0, 0.05) is 51.1 Å². The smallest absolute Gasteiger partial charge is 0.257 e. The van der Waals surface area contributed by atoms with E-state index < -0.39 is 11.7 Å². The fourth-order valence-electron chi connectivity index (χ4n) is 4.65. The third-order valence-electron chi connectivity index (χ3n) is 7.11. The van der Waals surface area contributed by atoms with Crippen molar-refractivity contribution in [1.82, 2.24) is 9.80 Å². The molecule has 0 aromatic heterocycles. The normalized spacial score (nSPS) is 23.8. The molecule has 0 saturated heterocycles. The zero-order chi connectivity index (χ0) is 25.8. The Morgan fingerprint density at radius 1 is 1.17 bits per heavy atom. The minimum atomic E-state index is -0.489. The first-order valence-corrected chi connectivity index (χ1v) is 12.6. The predicted molar refractivity (Wildman–Crippen MR) is 137 cm³/mol. The standard InChI is InChI=1S/C28H36FN3O4/c1-18-14-32(15-20-8-9-20)19(2)17-36-25-11-10-23(30-27(33)21-6-5-7-22(29)12-21)13-24(25)28(34)31(3)16-26(18)35-4/h5-7,10-13,18-20,26H,8-9,14-17H2,1-4H3,(H,30,33)/t18-,19+,26-/m1/s1. The molecule has 0 radical (unpaired) electrons. The van der Waals surface area contributed by atoms with Crippen molar-refractivity contribution < 1.29 is 23.5 Å². The van der Waals surface area contributed by atoms with Gasteiger partial charge in [0.05, 0.1) is 11.7 Å². The number of carbonyl (C=O) groups excluding carboxylic acids is 2. The number of carbonyl (C=O) groups is 2. The van der Waals surface area contributed by atoms with Gasteiger partial charge in [-0.05, 0) is 68.0 Å². The maximum atomic E-state index is 13.6. The summed E-state index contributed by atoms with van der Waals surface area (Å²) in [6.45, 7) is 7.11. The van der Waals surface area contributed by atoms with E-state index in [1.807, 2.05) is 0 Å². The number of likely N-dealkylation sites (N-methyl/N-ethyl adjacent to an activating group) is 1. The van der Waals surface area contributed by atoms with Crippen LogP contribution in [0, 0.1) is 17.7 Å². The van der Waals surface area contributed by atoms with Crippen LogP contribution in [0.15, 0.2) is 42.5 Å². The number of nitrogens with zero attached hydrogens (tertiary/aromatic N) is 2. The molecule has 4 rings (SSSR count). The van der Waals surface area contributed by atoms with E-state index in [1.54, 1.807) is 37.3 Å². The number of rotatable bonds is 5. The van der Waals surface area contributed by atoms with Gasteiger partial charge in [-0.1, -0.05) is 13.0 Å². The second-order valence-corrected chi connectivity index (χ2v) is 10.2. The maximum absolute atomic E-state index is 13.6. The quantitative estimate of drug-likeness (QED) is 0.667. The van der Waals surface area contributed by atoms with Crippen LogP contribution in [0.1, 0.15) is 47.4 Å². The second-order valence-electron chi connectivity index (χ2n) is 10.2. The second kappa shape index (κ2) is 11.4. The number of methoxy groups -OCH3 is 1. The fraction of sp³-hybridized carbons (Fsp3) is 0.500. The molecule has 36 heavy (non-hydrogen) atoms. The molecule has 2 aromatic rings. The van der Waals surface area contributed by atoms with Gasteiger partial charge in [0.25, 0.3) is 11.8 Å². The molecule has 1 aliphatic heterocycles. The van der Waals surface area contributed by atoms with E-state index in [2.05, 4.69) is 24.1 Å². The number of fused-ring (bicyclic) bond motifs is 1. The number of benzene rings is 2. The molecule has 0 spiro atoms. The average molecular weight is 498 g/mol. The molecular weight excluding hydrogens is 461 g/mol. The zero-order valence-corrected chi connectivity index (χ0v) is 21.5. The van der Waals surface area contributed by atoms with Crippen LogP contribution in [0.5, 0.6) is 5.75 Å². The summed E-state index contributed by atoms with van der Waals surface area (Å²) in [7, 11) is 3.44. The van der Waals surface area contributed by atoms with Crippen LogP contribution >= 0.6 is 0 Å². The summed E-state index contributed by atoms with van der Waals surface area (Å²) in [4.78, 5) is 30.3. The van der Waals surface area contributed by atoms with Crippen LogP contribution in [0.2, 0.25) is 0 Å². The molecule has 1 fully saturated rings. The van der Waals surface area contributed by atoms with E-state index in [0.29, 0.717) is 30.2 Å². The van der Waals surface area contributed by atoms with Crippen molar-refractivity contribution in [3.05, 3.63) is 59.4 Å². The van der Waals surface area contributed by atoms with Crippen molar-refractivity contribution in [2.45, 2.75) is 38.8 Å². The van der Waals surface area contributed by atoms with Crippen LogP contribution in [0.3, 0.4) is 0 Å². The highest BCUT2D eigenvalue weighted by atomic mass is 19.1. The van der Waals surface area contributed by atoms with Crippen LogP contribution in [0.4, 0.5) is 10.1 Å². The summed E-state index contributed by atoms with van der Waals surface area (Å²) in [6, 6.07) is 10.7. The number of hydrogen-bond acceptors (Lipinski definition) is 5. The lowest BCUT2D eigenvalue weighted by Gasteiger charge is -2.36. The number of nitrogens with one attached hydrogen (secondary N) is 1. The minimum Gasteiger partial charge on any atom is -0.491 e. The SMILES string of the molecule is CO[C@@H]1CN(C)C(=O)c2cc(NC(=O)c3cccc(F)c3)ccc2OC[C@H](C)N(CC2CC2)C[C@H]1C. The molecular formula is C28H36FN3O4. The number of halogens is 1. The molecule has 2 aliphatic rings. The van der Waals surface area contributed by atoms with E-state index in [9.17, 15) is 14.0 Å². The first-order valence-electron chi connectivity index (χ1n) is 12.6. The van der Waals surface area contributed by atoms with E-state index in [0.717, 1.165) is 19.0 Å². The third-order valence-corrected chi connectivity index (χ3v) is 7.11. The van der Waals surface area contributed by atoms with Crippen LogP contribution in [-0.2, 0) is 4.74 Å². The molecule has 1 aliphatic carbocycles. The molecule has 1 saturated carbocycles. The first-order chi connectivity index (χ1) is 17.2. The van der Waals surface area contributed by atoms with E-state index in [-0.39, 0.29) is 29.5 Å². The molecule has 0 bridgehead atoms. The average Bonchev–Trinajstić information content (AvgIpc) is 3.68. The molecule has 2 aromatic carbocycles. The number of ether oxygens (including phenoxy) is 2. The Balaban J connectivity index is 1.61. The lowest BCUT2D eigenvalue weighted by molar-refractivity contribution is 0.00994. The van der Waals surface area contributed by atoms with E-state index in [1.165, 1.54) is 37.1 Å². The van der Waals surface area contributed by atoms with Crippen LogP contribution < -0.4 is 10.1 Å². The summed E-state index contributed by atoms with van der Waals surface area (Å²) in [6.07, 6.45) is 2.43. The Labute approximate surface area is 212 Å². The topological polar surface area (TPSA) is 71.1 Å². The summed E-state index contributed by atoms with van der Waals surface area (Å²) in [5, 5.41) is 2.76. The number of hydrogen-bond donors (Lipinski definition) is 1. The summed E-state index contributed by atoms with van der Waals surface area (Å²) in [5.41, 5.74) is 0.989. The lowest BCUT2D eigenvalue weighted by Crippen LogP contribution is -2.47. The number of anilines is 1. The van der Waals surface area contributed by atoms with Gasteiger partial charge >= 0.3 is 0 Å². The van der Waals surface area contributed by atoms with Gasteiger partial charge in [-0.2, -0.15) is 0 Å². The Bertz CT molecular complexity index is 1090. The van der Waals surface area contributed by atoms with E-state index in [4.69, 9.17) is 9.47 Å². The number of amides is 2. The van der Waals surface area contributed by atoms with Crippen LogP contribution in [0.25, 0.3) is 0 Å². The Morgan fingerprint density at radius 3 is 2.64 bits per heavy atom. The molecule has 7 nitrogen and oxygen atoms in total. The monoisotopic (exact) mass is 497 g/mol. The molecule has 8 heteroatoms. The molecule has 1 heterocycles. The van der Waals surface area contributed by atoms with Crippen molar-refractivity contribution in [3.63, 3.8) is 0 Å². The molecule has 3 atom stereocenters. The Kier molecular flexibility index (Phi) is 8.26. The fourth-order valence-corrected chi connectivity index (χ4v) is 4.65. The summed E-state index contributed by atoms with van der Waals surface area (Å²) < 4.78 is 25.6. The van der Waals surface area contributed by atoms with Gasteiger partial charge in [-0.3, -0.25) is 14.5 Å². The van der Waals surface area contributed by atoms with Gasteiger partial charge in [-0.15, -0.1) is 0 Å².